The van der Waals surface area contributed by atoms with Gasteiger partial charge in [-0.1, -0.05) is 0 Å². The Morgan fingerprint density at radius 2 is 1.96 bits per heavy atom. The maximum Gasteiger partial charge on any atom is 0.314 e. The van der Waals surface area contributed by atoms with Crippen LogP contribution in [0.3, 0.4) is 0 Å². The lowest BCUT2D eigenvalue weighted by Crippen LogP contribution is -2.25. The van der Waals surface area contributed by atoms with Gasteiger partial charge in [-0.25, -0.2) is 8.78 Å². The lowest BCUT2D eigenvalue weighted by atomic mass is 9.80. The number of benzene rings is 1. The number of rotatable bonds is 5. The summed E-state index contributed by atoms with van der Waals surface area (Å²) in [6.45, 7) is 0. The number of hydrogen-bond donors (Lipinski definition) is 0. The normalized spacial score (nSPS) is 21.2. The third kappa shape index (κ3) is 5.12. The second kappa shape index (κ2) is 8.53. The van der Waals surface area contributed by atoms with E-state index >= 15 is 0 Å². The van der Waals surface area contributed by atoms with Crippen LogP contribution in [0.25, 0.3) is 0 Å². The molecule has 1 saturated carbocycles. The van der Waals surface area contributed by atoms with E-state index < -0.39 is 23.4 Å². The SMILES string of the molecule is N#C/C(F)=C\CCC1CCC(C(=O)Oc2ccc(F)c(F)c2)CC1. The number of esters is 1. The summed E-state index contributed by atoms with van der Waals surface area (Å²) in [5, 5.41) is 8.33. The molecule has 1 aliphatic rings. The molecule has 24 heavy (non-hydrogen) atoms. The number of carbonyl (C=O) groups is 1. The molecular weight excluding hydrogens is 319 g/mol. The van der Waals surface area contributed by atoms with Gasteiger partial charge in [0.15, 0.2) is 17.5 Å². The molecule has 3 nitrogen and oxygen atoms in total. The summed E-state index contributed by atoms with van der Waals surface area (Å²) in [4.78, 5) is 12.1. The minimum Gasteiger partial charge on any atom is -0.426 e. The molecule has 1 aromatic carbocycles. The number of nitrogens with zero attached hydrogens (tertiary/aromatic N) is 1. The molecule has 0 spiro atoms. The largest absolute Gasteiger partial charge is 0.426 e. The smallest absolute Gasteiger partial charge is 0.314 e. The highest BCUT2D eigenvalue weighted by Crippen LogP contribution is 2.33. The van der Waals surface area contributed by atoms with E-state index in [2.05, 4.69) is 0 Å². The van der Waals surface area contributed by atoms with Crippen LogP contribution in [0.4, 0.5) is 13.2 Å². The van der Waals surface area contributed by atoms with Crippen LogP contribution >= 0.6 is 0 Å². The predicted molar refractivity (Wildman–Crippen MR) is 81.5 cm³/mol. The first-order valence-electron chi connectivity index (χ1n) is 7.92. The van der Waals surface area contributed by atoms with Crippen molar-refractivity contribution >= 4 is 5.97 Å². The standard InChI is InChI=1S/C18H18F3NO2/c19-14(11-22)3-1-2-12-4-6-13(7-5-12)18(23)24-15-8-9-16(20)17(21)10-15/h3,8-10,12-13H,1-2,4-7H2/b14-3+. The van der Waals surface area contributed by atoms with Crippen molar-refractivity contribution in [1.29, 1.82) is 5.26 Å². The molecule has 0 aromatic heterocycles. The van der Waals surface area contributed by atoms with Crippen LogP contribution in [0.1, 0.15) is 38.5 Å². The zero-order valence-corrected chi connectivity index (χ0v) is 13.1. The Hall–Kier alpha value is -2.29. The van der Waals surface area contributed by atoms with Gasteiger partial charge in [0, 0.05) is 6.07 Å². The van der Waals surface area contributed by atoms with Crippen molar-refractivity contribution in [1.82, 2.24) is 0 Å². The fourth-order valence-electron chi connectivity index (χ4n) is 2.92. The van der Waals surface area contributed by atoms with Gasteiger partial charge in [0.2, 0.25) is 0 Å². The van der Waals surface area contributed by atoms with Crippen LogP contribution in [0.5, 0.6) is 5.75 Å². The van der Waals surface area contributed by atoms with Gasteiger partial charge < -0.3 is 4.74 Å². The van der Waals surface area contributed by atoms with Crippen LogP contribution < -0.4 is 4.74 Å². The van der Waals surface area contributed by atoms with E-state index in [1.807, 2.05) is 0 Å². The molecule has 0 aliphatic heterocycles. The second-order valence-electron chi connectivity index (χ2n) is 5.96. The van der Waals surface area contributed by atoms with Crippen LogP contribution in [0.15, 0.2) is 30.1 Å². The van der Waals surface area contributed by atoms with Crippen molar-refractivity contribution in [3.05, 3.63) is 41.7 Å². The minimum atomic E-state index is -1.05. The Balaban J connectivity index is 1.78. The fourth-order valence-corrected chi connectivity index (χ4v) is 2.92. The van der Waals surface area contributed by atoms with Crippen molar-refractivity contribution in [3.8, 4) is 11.8 Å². The summed E-state index contributed by atoms with van der Waals surface area (Å²) in [7, 11) is 0. The predicted octanol–water partition coefficient (Wildman–Crippen LogP) is 4.83. The Kier molecular flexibility index (Phi) is 6.42. The Morgan fingerprint density at radius 1 is 1.25 bits per heavy atom. The van der Waals surface area contributed by atoms with E-state index in [1.54, 1.807) is 0 Å². The summed E-state index contributed by atoms with van der Waals surface area (Å²) in [5.74, 6) is -3.12. The minimum absolute atomic E-state index is 0.00172. The number of hydrogen-bond acceptors (Lipinski definition) is 3. The molecule has 0 unspecified atom stereocenters. The molecule has 128 valence electrons. The van der Waals surface area contributed by atoms with E-state index in [0.29, 0.717) is 25.2 Å². The molecule has 0 saturated heterocycles. The lowest BCUT2D eigenvalue weighted by Gasteiger charge is -2.26. The Morgan fingerprint density at radius 3 is 2.58 bits per heavy atom. The van der Waals surface area contributed by atoms with Gasteiger partial charge in [-0.2, -0.15) is 9.65 Å². The molecule has 1 aromatic rings. The molecule has 2 rings (SSSR count). The molecule has 0 atom stereocenters. The summed E-state index contributed by atoms with van der Waals surface area (Å²) in [6.07, 6.45) is 5.51. The van der Waals surface area contributed by atoms with Gasteiger partial charge in [-0.3, -0.25) is 4.79 Å². The number of halogens is 3. The average molecular weight is 337 g/mol. The highest BCUT2D eigenvalue weighted by Gasteiger charge is 2.27. The summed E-state index contributed by atoms with van der Waals surface area (Å²) < 4.78 is 43.8. The molecule has 0 amide bonds. The highest BCUT2D eigenvalue weighted by atomic mass is 19.2. The average Bonchev–Trinajstić information content (AvgIpc) is 2.58. The number of allylic oxidation sites excluding steroid dienone is 2. The van der Waals surface area contributed by atoms with Crippen LogP contribution in [0, 0.1) is 34.8 Å². The van der Waals surface area contributed by atoms with Gasteiger partial charge >= 0.3 is 5.97 Å². The number of carbonyl (C=O) groups excluding carboxylic acids is 1. The zero-order valence-electron chi connectivity index (χ0n) is 13.1. The summed E-state index contributed by atoms with van der Waals surface area (Å²) >= 11 is 0. The first-order chi connectivity index (χ1) is 11.5. The van der Waals surface area contributed by atoms with Crippen LogP contribution in [-0.2, 0) is 4.79 Å². The highest BCUT2D eigenvalue weighted by molar-refractivity contribution is 5.75. The maximum atomic E-state index is 13.1. The third-order valence-electron chi connectivity index (χ3n) is 4.29. The van der Waals surface area contributed by atoms with Gasteiger partial charge in [0.05, 0.1) is 5.92 Å². The topological polar surface area (TPSA) is 50.1 Å². The number of nitriles is 1. The second-order valence-corrected chi connectivity index (χ2v) is 5.96. The van der Waals surface area contributed by atoms with E-state index in [0.717, 1.165) is 31.4 Å². The Labute approximate surface area is 138 Å². The van der Waals surface area contributed by atoms with Crippen molar-refractivity contribution in [2.75, 3.05) is 0 Å². The molecular formula is C18H18F3NO2. The third-order valence-corrected chi connectivity index (χ3v) is 4.29. The molecule has 6 heteroatoms. The molecule has 0 bridgehead atoms. The van der Waals surface area contributed by atoms with Crippen LogP contribution in [-0.4, -0.2) is 5.97 Å². The lowest BCUT2D eigenvalue weighted by molar-refractivity contribution is -0.140. The van der Waals surface area contributed by atoms with E-state index in [9.17, 15) is 18.0 Å². The van der Waals surface area contributed by atoms with Crippen molar-refractivity contribution in [2.24, 2.45) is 11.8 Å². The molecule has 0 heterocycles. The zero-order chi connectivity index (χ0) is 17.5. The van der Waals surface area contributed by atoms with Crippen molar-refractivity contribution < 1.29 is 22.7 Å². The quantitative estimate of drug-likeness (QED) is 0.439. The fraction of sp³-hybridized carbons (Fsp3) is 0.444. The van der Waals surface area contributed by atoms with Crippen molar-refractivity contribution in [2.45, 2.75) is 38.5 Å². The van der Waals surface area contributed by atoms with Gasteiger partial charge in [-0.05, 0) is 62.7 Å². The van der Waals surface area contributed by atoms with Gasteiger partial charge in [0.25, 0.3) is 0 Å². The van der Waals surface area contributed by atoms with Gasteiger partial charge in [-0.15, -0.1) is 0 Å². The van der Waals surface area contributed by atoms with E-state index in [-0.39, 0.29) is 11.7 Å². The maximum absolute atomic E-state index is 13.1. The first kappa shape index (κ1) is 18.1. The molecule has 0 N–H and O–H groups in total. The van der Waals surface area contributed by atoms with E-state index in [1.165, 1.54) is 18.2 Å². The van der Waals surface area contributed by atoms with Gasteiger partial charge in [0.1, 0.15) is 11.8 Å². The number of ether oxygens (including phenoxy) is 1. The van der Waals surface area contributed by atoms with E-state index in [4.69, 9.17) is 10.00 Å². The monoisotopic (exact) mass is 337 g/mol. The first-order valence-corrected chi connectivity index (χ1v) is 7.92. The van der Waals surface area contributed by atoms with Crippen LogP contribution in [0.2, 0.25) is 0 Å². The molecule has 0 radical (unpaired) electrons. The summed E-state index contributed by atoms with van der Waals surface area (Å²) in [6, 6.07) is 4.43. The summed E-state index contributed by atoms with van der Waals surface area (Å²) in [5.41, 5.74) is 0. The molecule has 1 fully saturated rings. The molecule has 1 aliphatic carbocycles. The van der Waals surface area contributed by atoms with Crippen molar-refractivity contribution in [3.63, 3.8) is 0 Å². The Bertz CT molecular complexity index is 659.